The highest BCUT2D eigenvalue weighted by Gasteiger charge is 2.25. The molecule has 1 aromatic carbocycles. The van der Waals surface area contributed by atoms with Gasteiger partial charge in [0.15, 0.2) is 0 Å². The van der Waals surface area contributed by atoms with Crippen molar-refractivity contribution in [3.63, 3.8) is 0 Å². The molecule has 0 saturated heterocycles. The summed E-state index contributed by atoms with van der Waals surface area (Å²) in [5.74, 6) is 0.668. The Morgan fingerprint density at radius 1 is 1.43 bits per heavy atom. The van der Waals surface area contributed by atoms with Crippen molar-refractivity contribution in [2.24, 2.45) is 0 Å². The molecule has 0 fully saturated rings. The molecule has 2 heterocycles. The topological polar surface area (TPSA) is 55.6 Å². The second-order valence-electron chi connectivity index (χ2n) is 5.75. The van der Waals surface area contributed by atoms with E-state index in [0.717, 1.165) is 29.9 Å². The van der Waals surface area contributed by atoms with Gasteiger partial charge in [-0.3, -0.25) is 4.79 Å². The number of anilines is 1. The zero-order valence-corrected chi connectivity index (χ0v) is 14.0. The fourth-order valence-electron chi connectivity index (χ4n) is 2.90. The van der Waals surface area contributed by atoms with Crippen molar-refractivity contribution >= 4 is 23.2 Å². The summed E-state index contributed by atoms with van der Waals surface area (Å²) in [4.78, 5) is 14.3. The van der Waals surface area contributed by atoms with E-state index in [1.165, 1.54) is 5.56 Å². The minimum absolute atomic E-state index is 0.0112. The third-order valence-electron chi connectivity index (χ3n) is 4.00. The molecule has 0 N–H and O–H groups in total. The van der Waals surface area contributed by atoms with Gasteiger partial charge in [-0.2, -0.15) is 0 Å². The number of hydrogen-bond acceptors (Lipinski definition) is 4. The first-order valence-corrected chi connectivity index (χ1v) is 8.02. The minimum Gasteiger partial charge on any atom is -0.365 e. The van der Waals surface area contributed by atoms with E-state index in [-0.39, 0.29) is 19.1 Å². The summed E-state index contributed by atoms with van der Waals surface area (Å²) < 4.78 is 10.5. The maximum absolute atomic E-state index is 12.5. The highest BCUT2D eigenvalue weighted by molar-refractivity contribution is 6.31. The Morgan fingerprint density at radius 2 is 2.26 bits per heavy atom. The normalized spacial score (nSPS) is 14.0. The summed E-state index contributed by atoms with van der Waals surface area (Å²) in [7, 11) is 0. The molecule has 6 heteroatoms. The minimum atomic E-state index is -0.0588. The van der Waals surface area contributed by atoms with E-state index in [4.69, 9.17) is 20.9 Å². The molecule has 2 aromatic rings. The second-order valence-corrected chi connectivity index (χ2v) is 6.16. The van der Waals surface area contributed by atoms with Crippen LogP contribution in [0.3, 0.4) is 0 Å². The molecular weight excluding hydrogens is 316 g/mol. The number of carbonyl (C=O) groups excluding carboxylic acids is 1. The maximum Gasteiger partial charge on any atom is 0.253 e. The van der Waals surface area contributed by atoms with Crippen LogP contribution in [0.15, 0.2) is 22.7 Å². The van der Waals surface area contributed by atoms with Crippen molar-refractivity contribution in [1.82, 2.24) is 5.16 Å². The average Bonchev–Trinajstić information content (AvgIpc) is 2.96. The van der Waals surface area contributed by atoms with Crippen LogP contribution in [0.4, 0.5) is 5.69 Å². The number of ether oxygens (including phenoxy) is 1. The Kier molecular flexibility index (Phi) is 4.68. The molecule has 1 amide bonds. The summed E-state index contributed by atoms with van der Waals surface area (Å²) in [6, 6.07) is 5.70. The molecule has 0 bridgehead atoms. The number of aryl methyl sites for hydroxylation is 2. The van der Waals surface area contributed by atoms with E-state index in [2.05, 4.69) is 5.16 Å². The van der Waals surface area contributed by atoms with E-state index in [1.807, 2.05) is 26.0 Å². The molecular formula is C17H19ClN2O3. The van der Waals surface area contributed by atoms with Crippen LogP contribution in [-0.4, -0.2) is 24.2 Å². The van der Waals surface area contributed by atoms with Crippen molar-refractivity contribution in [2.45, 2.75) is 33.3 Å². The lowest BCUT2D eigenvalue weighted by Gasteiger charge is -2.31. The SMILES string of the molecule is Cc1cc(COCC(=O)N2CCCc3ccc(Cl)c(C)c32)no1. The molecule has 23 heavy (non-hydrogen) atoms. The van der Waals surface area contributed by atoms with Crippen LogP contribution >= 0.6 is 11.6 Å². The first kappa shape index (κ1) is 16.0. The average molecular weight is 335 g/mol. The molecule has 5 nitrogen and oxygen atoms in total. The molecule has 0 spiro atoms. The Morgan fingerprint density at radius 3 is 3.00 bits per heavy atom. The number of rotatable bonds is 4. The summed E-state index contributed by atoms with van der Waals surface area (Å²) in [6.07, 6.45) is 1.92. The standard InChI is InChI=1S/C17H19ClN2O3/c1-11-8-14(19-23-11)9-22-10-16(21)20-7-3-4-13-5-6-15(18)12(2)17(13)20/h5-6,8H,3-4,7,9-10H2,1-2H3. The zero-order chi connectivity index (χ0) is 16.4. The number of benzene rings is 1. The van der Waals surface area contributed by atoms with Crippen LogP contribution in [0.2, 0.25) is 5.02 Å². The van der Waals surface area contributed by atoms with Crippen LogP contribution < -0.4 is 4.90 Å². The molecule has 0 radical (unpaired) electrons. The van der Waals surface area contributed by atoms with Crippen molar-refractivity contribution in [1.29, 1.82) is 0 Å². The number of carbonyl (C=O) groups is 1. The predicted octanol–water partition coefficient (Wildman–Crippen LogP) is 3.44. The molecule has 1 aromatic heterocycles. The third kappa shape index (κ3) is 3.41. The Balaban J connectivity index is 1.68. The van der Waals surface area contributed by atoms with Crippen LogP contribution in [0.1, 0.15) is 29.0 Å². The third-order valence-corrected chi connectivity index (χ3v) is 4.41. The molecule has 0 atom stereocenters. The zero-order valence-electron chi connectivity index (χ0n) is 13.3. The van der Waals surface area contributed by atoms with Gasteiger partial charge in [-0.1, -0.05) is 22.8 Å². The number of aromatic nitrogens is 1. The number of amides is 1. The van der Waals surface area contributed by atoms with E-state index < -0.39 is 0 Å². The van der Waals surface area contributed by atoms with Gasteiger partial charge >= 0.3 is 0 Å². The van der Waals surface area contributed by atoms with Crippen molar-refractivity contribution in [2.75, 3.05) is 18.1 Å². The summed E-state index contributed by atoms with van der Waals surface area (Å²) in [5.41, 5.74) is 3.74. The largest absolute Gasteiger partial charge is 0.365 e. The molecule has 0 unspecified atom stereocenters. The Bertz CT molecular complexity index is 727. The van der Waals surface area contributed by atoms with Crippen LogP contribution in [-0.2, 0) is 22.6 Å². The van der Waals surface area contributed by atoms with Gasteiger partial charge in [0.2, 0.25) is 0 Å². The highest BCUT2D eigenvalue weighted by Crippen LogP contribution is 2.34. The maximum atomic E-state index is 12.5. The lowest BCUT2D eigenvalue weighted by Crippen LogP contribution is -2.38. The smallest absolute Gasteiger partial charge is 0.253 e. The molecule has 122 valence electrons. The first-order chi connectivity index (χ1) is 11.1. The van der Waals surface area contributed by atoms with E-state index in [1.54, 1.807) is 11.0 Å². The van der Waals surface area contributed by atoms with Gasteiger partial charge in [0, 0.05) is 17.6 Å². The van der Waals surface area contributed by atoms with Crippen molar-refractivity contribution in [3.05, 3.63) is 45.8 Å². The number of halogens is 1. The van der Waals surface area contributed by atoms with Gasteiger partial charge in [0.05, 0.1) is 12.3 Å². The fourth-order valence-corrected chi connectivity index (χ4v) is 3.06. The van der Waals surface area contributed by atoms with Crippen molar-refractivity contribution < 1.29 is 14.1 Å². The molecule has 3 rings (SSSR count). The van der Waals surface area contributed by atoms with Crippen LogP contribution in [0.5, 0.6) is 0 Å². The Hall–Kier alpha value is -1.85. The Labute approximate surface area is 140 Å². The molecule has 0 aliphatic carbocycles. The van der Waals surface area contributed by atoms with Gasteiger partial charge in [0.25, 0.3) is 5.91 Å². The van der Waals surface area contributed by atoms with E-state index in [0.29, 0.717) is 17.3 Å². The van der Waals surface area contributed by atoms with Gasteiger partial charge in [-0.15, -0.1) is 0 Å². The number of hydrogen-bond donors (Lipinski definition) is 0. The fraction of sp³-hybridized carbons (Fsp3) is 0.412. The lowest BCUT2D eigenvalue weighted by atomic mass is 9.98. The quantitative estimate of drug-likeness (QED) is 0.859. The van der Waals surface area contributed by atoms with E-state index in [9.17, 15) is 4.79 Å². The molecule has 0 saturated carbocycles. The van der Waals surface area contributed by atoms with Crippen LogP contribution in [0, 0.1) is 13.8 Å². The number of fused-ring (bicyclic) bond motifs is 1. The first-order valence-electron chi connectivity index (χ1n) is 7.64. The van der Waals surface area contributed by atoms with Crippen LogP contribution in [0.25, 0.3) is 0 Å². The second kappa shape index (κ2) is 6.72. The highest BCUT2D eigenvalue weighted by atomic mass is 35.5. The van der Waals surface area contributed by atoms with Gasteiger partial charge < -0.3 is 14.2 Å². The lowest BCUT2D eigenvalue weighted by molar-refractivity contribution is -0.123. The predicted molar refractivity (Wildman–Crippen MR) is 87.8 cm³/mol. The molecule has 1 aliphatic rings. The molecule has 1 aliphatic heterocycles. The summed E-state index contributed by atoms with van der Waals surface area (Å²) in [5, 5.41) is 4.53. The summed E-state index contributed by atoms with van der Waals surface area (Å²) in [6.45, 7) is 4.74. The summed E-state index contributed by atoms with van der Waals surface area (Å²) >= 11 is 6.21. The van der Waals surface area contributed by atoms with Gasteiger partial charge in [-0.25, -0.2) is 0 Å². The number of nitrogens with zero attached hydrogens (tertiary/aromatic N) is 2. The van der Waals surface area contributed by atoms with Gasteiger partial charge in [-0.05, 0) is 43.9 Å². The van der Waals surface area contributed by atoms with E-state index >= 15 is 0 Å². The van der Waals surface area contributed by atoms with Crippen molar-refractivity contribution in [3.8, 4) is 0 Å². The van der Waals surface area contributed by atoms with Gasteiger partial charge in [0.1, 0.15) is 18.1 Å². The monoisotopic (exact) mass is 334 g/mol.